The monoisotopic (exact) mass is 378 g/mol. The Balaban J connectivity index is 0.000000615. The van der Waals surface area contributed by atoms with Gasteiger partial charge in [-0.15, -0.1) is 0 Å². The first-order valence-corrected chi connectivity index (χ1v) is 9.04. The van der Waals surface area contributed by atoms with Gasteiger partial charge >= 0.3 is 0 Å². The summed E-state index contributed by atoms with van der Waals surface area (Å²) in [5.74, 6) is 1.72. The highest BCUT2D eigenvalue weighted by Gasteiger charge is 2.25. The summed E-state index contributed by atoms with van der Waals surface area (Å²) in [6.07, 6.45) is 2.01. The maximum Gasteiger partial charge on any atom is 0.174 e. The van der Waals surface area contributed by atoms with Gasteiger partial charge in [-0.25, -0.2) is 4.99 Å². The second kappa shape index (κ2) is 9.50. The molecule has 2 aliphatic rings. The second-order valence-corrected chi connectivity index (χ2v) is 5.58. The van der Waals surface area contributed by atoms with Crippen LogP contribution in [0.4, 0.5) is 5.69 Å². The van der Waals surface area contributed by atoms with Crippen molar-refractivity contribution in [3.63, 3.8) is 0 Å². The Morgan fingerprint density at radius 1 is 1.13 bits per heavy atom. The summed E-state index contributed by atoms with van der Waals surface area (Å²) in [4.78, 5) is 11.3. The lowest BCUT2D eigenvalue weighted by molar-refractivity contribution is 0.605. The van der Waals surface area contributed by atoms with E-state index in [1.807, 2.05) is 40.0 Å². The summed E-state index contributed by atoms with van der Waals surface area (Å²) in [5.41, 5.74) is 3.47. The van der Waals surface area contributed by atoms with Crippen LogP contribution in [-0.2, 0) is 0 Å². The van der Waals surface area contributed by atoms with E-state index in [2.05, 4.69) is 62.1 Å². The zero-order chi connectivity index (χ0) is 17.4. The predicted octanol–water partition coefficient (Wildman–Crippen LogP) is 4.90. The summed E-state index contributed by atoms with van der Waals surface area (Å²) in [5, 5.41) is 3.23. The number of nitrogens with zero attached hydrogens (tertiary/aromatic N) is 3. The summed E-state index contributed by atoms with van der Waals surface area (Å²) in [7, 11) is 0. The zero-order valence-electron chi connectivity index (χ0n) is 14.9. The molecule has 0 aromatic heterocycles. The molecular weight excluding hydrogens is 352 g/mol. The Morgan fingerprint density at radius 3 is 2.48 bits per heavy atom. The standard InChI is InChI=1S/C14H15BrN4.2C2H6/c1-9-3-4-11(7-10(9)2)17-13-14-16-5-6-19(14)8-12(15)18-13;2*1-2/h3-4,7-8H,5-6H2,1-2H3,(H,17,18);2*1-2H3. The van der Waals surface area contributed by atoms with Gasteiger partial charge in [-0.2, -0.15) is 0 Å². The third-order valence-electron chi connectivity index (χ3n) is 3.32. The van der Waals surface area contributed by atoms with E-state index in [0.717, 1.165) is 35.1 Å². The first kappa shape index (κ1) is 19.4. The maximum absolute atomic E-state index is 4.68. The lowest BCUT2D eigenvalue weighted by Gasteiger charge is -2.23. The fraction of sp³-hybridized carbons (Fsp3) is 0.444. The third kappa shape index (κ3) is 4.93. The first-order valence-electron chi connectivity index (χ1n) is 8.25. The van der Waals surface area contributed by atoms with E-state index in [-0.39, 0.29) is 0 Å². The van der Waals surface area contributed by atoms with Gasteiger partial charge in [0.2, 0.25) is 0 Å². The topological polar surface area (TPSA) is 40.0 Å². The van der Waals surface area contributed by atoms with Crippen molar-refractivity contribution in [3.8, 4) is 0 Å². The normalized spacial score (nSPS) is 17.0. The maximum atomic E-state index is 4.68. The fourth-order valence-electron chi connectivity index (χ4n) is 2.14. The molecule has 4 nitrogen and oxygen atoms in total. The predicted molar refractivity (Wildman–Crippen MR) is 105 cm³/mol. The molecule has 1 aromatic carbocycles. The summed E-state index contributed by atoms with van der Waals surface area (Å²) < 4.78 is 0.913. The van der Waals surface area contributed by atoms with Crippen LogP contribution in [0.3, 0.4) is 0 Å². The molecule has 0 saturated carbocycles. The molecule has 0 saturated heterocycles. The highest BCUT2D eigenvalue weighted by molar-refractivity contribution is 9.11. The summed E-state index contributed by atoms with van der Waals surface area (Å²) in [6.45, 7) is 13.9. The van der Waals surface area contributed by atoms with Crippen molar-refractivity contribution < 1.29 is 0 Å². The number of aliphatic imine (C=N–C) groups is 2. The van der Waals surface area contributed by atoms with Crippen LogP contribution in [0.1, 0.15) is 38.8 Å². The highest BCUT2D eigenvalue weighted by atomic mass is 79.9. The van der Waals surface area contributed by atoms with E-state index in [1.165, 1.54) is 11.1 Å². The van der Waals surface area contributed by atoms with Gasteiger partial charge in [-0.3, -0.25) is 4.99 Å². The Bertz CT molecular complexity index is 617. The van der Waals surface area contributed by atoms with Crippen LogP contribution >= 0.6 is 15.9 Å². The lowest BCUT2D eigenvalue weighted by atomic mass is 10.1. The van der Waals surface area contributed by atoms with Crippen molar-refractivity contribution in [2.75, 3.05) is 13.1 Å². The lowest BCUT2D eigenvalue weighted by Crippen LogP contribution is -2.42. The Hall–Kier alpha value is -1.62. The number of hydrogen-bond donors (Lipinski definition) is 1. The molecule has 3 rings (SSSR count). The van der Waals surface area contributed by atoms with Crippen LogP contribution in [-0.4, -0.2) is 29.7 Å². The Labute approximate surface area is 148 Å². The van der Waals surface area contributed by atoms with Crippen LogP contribution in [0.2, 0.25) is 0 Å². The van der Waals surface area contributed by atoms with Gasteiger partial charge in [-0.05, 0) is 53.0 Å². The zero-order valence-corrected chi connectivity index (χ0v) is 16.5. The van der Waals surface area contributed by atoms with Gasteiger partial charge in [0, 0.05) is 12.7 Å². The number of rotatable bonds is 1. The fourth-order valence-corrected chi connectivity index (χ4v) is 2.57. The smallest absolute Gasteiger partial charge is 0.174 e. The van der Waals surface area contributed by atoms with Crippen molar-refractivity contribution in [1.29, 1.82) is 0 Å². The van der Waals surface area contributed by atoms with Gasteiger partial charge < -0.3 is 10.2 Å². The molecule has 2 heterocycles. The number of hydrogen-bond acceptors (Lipinski definition) is 3. The van der Waals surface area contributed by atoms with E-state index in [9.17, 15) is 0 Å². The van der Waals surface area contributed by atoms with Crippen molar-refractivity contribution in [3.05, 3.63) is 40.1 Å². The number of halogens is 1. The van der Waals surface area contributed by atoms with Crippen LogP contribution in [0.15, 0.2) is 39.0 Å². The van der Waals surface area contributed by atoms with Crippen molar-refractivity contribution in [1.82, 2.24) is 10.2 Å². The number of fused-ring (bicyclic) bond motifs is 1. The molecule has 1 aromatic rings. The van der Waals surface area contributed by atoms with E-state index in [4.69, 9.17) is 0 Å². The molecule has 0 atom stereocenters. The number of amidine groups is 2. The van der Waals surface area contributed by atoms with Crippen molar-refractivity contribution in [2.45, 2.75) is 41.5 Å². The second-order valence-electron chi connectivity index (χ2n) is 4.73. The van der Waals surface area contributed by atoms with Crippen molar-refractivity contribution in [2.24, 2.45) is 9.98 Å². The molecular formula is C18H27BrN4. The molecule has 0 spiro atoms. The minimum Gasteiger partial charge on any atom is -0.330 e. The van der Waals surface area contributed by atoms with Crippen LogP contribution in [0, 0.1) is 13.8 Å². The first-order chi connectivity index (χ1) is 11.1. The van der Waals surface area contributed by atoms with E-state index in [0.29, 0.717) is 0 Å². The molecule has 0 fully saturated rings. The van der Waals surface area contributed by atoms with E-state index >= 15 is 0 Å². The third-order valence-corrected chi connectivity index (χ3v) is 3.73. The van der Waals surface area contributed by atoms with Gasteiger partial charge in [-0.1, -0.05) is 33.8 Å². The molecule has 2 aliphatic heterocycles. The molecule has 0 bridgehead atoms. The molecule has 1 N–H and O–H groups in total. The average molecular weight is 379 g/mol. The molecule has 126 valence electrons. The Kier molecular flexibility index (Phi) is 8.03. The summed E-state index contributed by atoms with van der Waals surface area (Å²) in [6, 6.07) is 6.22. The number of aryl methyl sites for hydroxylation is 2. The van der Waals surface area contributed by atoms with E-state index < -0.39 is 0 Å². The van der Waals surface area contributed by atoms with Crippen LogP contribution < -0.4 is 5.32 Å². The molecule has 0 amide bonds. The molecule has 0 radical (unpaired) electrons. The number of benzene rings is 1. The number of nitrogens with one attached hydrogen (secondary N) is 1. The highest BCUT2D eigenvalue weighted by Crippen LogP contribution is 2.20. The van der Waals surface area contributed by atoms with Crippen molar-refractivity contribution >= 4 is 33.3 Å². The van der Waals surface area contributed by atoms with Gasteiger partial charge in [0.1, 0.15) is 4.61 Å². The molecule has 0 aliphatic carbocycles. The van der Waals surface area contributed by atoms with Crippen LogP contribution in [0.5, 0.6) is 0 Å². The minimum atomic E-state index is 0.801. The molecule has 5 heteroatoms. The van der Waals surface area contributed by atoms with Gasteiger partial charge in [0.05, 0.1) is 12.2 Å². The quantitative estimate of drug-likeness (QED) is 0.706. The molecule has 0 unspecified atom stereocenters. The SMILES string of the molecule is CC.CC.Cc1ccc(N=C2NC(Br)=CN3CCN=C23)cc1C. The van der Waals surface area contributed by atoms with Gasteiger partial charge in [0.25, 0.3) is 0 Å². The largest absolute Gasteiger partial charge is 0.330 e. The summed E-state index contributed by atoms with van der Waals surface area (Å²) >= 11 is 3.48. The van der Waals surface area contributed by atoms with Crippen LogP contribution in [0.25, 0.3) is 0 Å². The minimum absolute atomic E-state index is 0.801. The van der Waals surface area contributed by atoms with Gasteiger partial charge in [0.15, 0.2) is 11.7 Å². The molecule has 23 heavy (non-hydrogen) atoms. The average Bonchev–Trinajstić information content (AvgIpc) is 3.03. The van der Waals surface area contributed by atoms with E-state index in [1.54, 1.807) is 0 Å². The Morgan fingerprint density at radius 2 is 1.83 bits per heavy atom.